The quantitative estimate of drug-likeness (QED) is 0.631. The summed E-state index contributed by atoms with van der Waals surface area (Å²) in [6.07, 6.45) is 3.99. The van der Waals surface area contributed by atoms with Crippen molar-refractivity contribution in [2.45, 2.75) is 6.92 Å². The SMILES string of the molecule is C/C=C\c1cccc2c1OCO2. The summed E-state index contributed by atoms with van der Waals surface area (Å²) in [4.78, 5) is 0. The molecule has 1 aliphatic rings. The van der Waals surface area contributed by atoms with Crippen LogP contribution in [0.25, 0.3) is 6.08 Å². The van der Waals surface area contributed by atoms with Gasteiger partial charge in [0.15, 0.2) is 11.5 Å². The maximum atomic E-state index is 5.31. The normalized spacial score (nSPS) is 14.1. The molecule has 1 aromatic carbocycles. The molecule has 0 spiro atoms. The predicted octanol–water partition coefficient (Wildman–Crippen LogP) is 2.45. The molecule has 12 heavy (non-hydrogen) atoms. The van der Waals surface area contributed by atoms with Gasteiger partial charge in [0.1, 0.15) is 0 Å². The Balaban J connectivity index is 2.49. The van der Waals surface area contributed by atoms with E-state index in [9.17, 15) is 0 Å². The fourth-order valence-electron chi connectivity index (χ4n) is 1.26. The summed E-state index contributed by atoms with van der Waals surface area (Å²) in [5.41, 5.74) is 1.08. The number of benzene rings is 1. The van der Waals surface area contributed by atoms with Gasteiger partial charge < -0.3 is 9.47 Å². The van der Waals surface area contributed by atoms with Crippen molar-refractivity contribution in [3.8, 4) is 11.5 Å². The third-order valence-electron chi connectivity index (χ3n) is 1.77. The summed E-state index contributed by atoms with van der Waals surface area (Å²) >= 11 is 0. The van der Waals surface area contributed by atoms with Crippen LogP contribution in [0.15, 0.2) is 24.3 Å². The monoisotopic (exact) mass is 162 g/mol. The first kappa shape index (κ1) is 7.22. The lowest BCUT2D eigenvalue weighted by molar-refractivity contribution is 0.174. The van der Waals surface area contributed by atoms with Crippen molar-refractivity contribution in [2.75, 3.05) is 6.79 Å². The van der Waals surface area contributed by atoms with E-state index < -0.39 is 0 Å². The topological polar surface area (TPSA) is 18.5 Å². The minimum Gasteiger partial charge on any atom is -0.454 e. The van der Waals surface area contributed by atoms with Crippen molar-refractivity contribution in [1.29, 1.82) is 0 Å². The van der Waals surface area contributed by atoms with Gasteiger partial charge in [0, 0.05) is 5.56 Å². The van der Waals surface area contributed by atoms with Gasteiger partial charge in [0.25, 0.3) is 0 Å². The molecule has 0 atom stereocenters. The predicted molar refractivity (Wildman–Crippen MR) is 47.3 cm³/mol. The summed E-state index contributed by atoms with van der Waals surface area (Å²) in [5.74, 6) is 1.70. The Hall–Kier alpha value is -1.44. The highest BCUT2D eigenvalue weighted by molar-refractivity contribution is 5.62. The standard InChI is InChI=1S/C10H10O2/c1-2-4-8-5-3-6-9-10(8)12-7-11-9/h2-6H,7H2,1H3/b4-2-. The molecule has 0 radical (unpaired) electrons. The molecule has 1 aliphatic heterocycles. The number of rotatable bonds is 1. The lowest BCUT2D eigenvalue weighted by Gasteiger charge is -1.98. The maximum Gasteiger partial charge on any atom is 0.231 e. The number of para-hydroxylation sites is 1. The molecule has 0 bridgehead atoms. The first-order chi connectivity index (χ1) is 5.92. The van der Waals surface area contributed by atoms with E-state index in [0.717, 1.165) is 17.1 Å². The highest BCUT2D eigenvalue weighted by Crippen LogP contribution is 2.35. The lowest BCUT2D eigenvalue weighted by Crippen LogP contribution is -1.93. The van der Waals surface area contributed by atoms with E-state index in [0.29, 0.717) is 6.79 Å². The molecular weight excluding hydrogens is 152 g/mol. The van der Waals surface area contributed by atoms with Crippen LogP contribution in [0, 0.1) is 0 Å². The van der Waals surface area contributed by atoms with E-state index in [1.54, 1.807) is 0 Å². The first-order valence-electron chi connectivity index (χ1n) is 3.93. The van der Waals surface area contributed by atoms with Crippen LogP contribution in [0.2, 0.25) is 0 Å². The largest absolute Gasteiger partial charge is 0.454 e. The van der Waals surface area contributed by atoms with Crippen LogP contribution in [0.3, 0.4) is 0 Å². The molecule has 0 amide bonds. The average molecular weight is 162 g/mol. The molecule has 0 unspecified atom stereocenters. The molecule has 0 saturated carbocycles. The zero-order chi connectivity index (χ0) is 8.39. The Bertz CT molecular complexity index is 316. The summed E-state index contributed by atoms with van der Waals surface area (Å²) in [5, 5.41) is 0. The van der Waals surface area contributed by atoms with Gasteiger partial charge in [-0.3, -0.25) is 0 Å². The van der Waals surface area contributed by atoms with Crippen LogP contribution in [-0.4, -0.2) is 6.79 Å². The summed E-state index contributed by atoms with van der Waals surface area (Å²) in [6.45, 7) is 2.32. The highest BCUT2D eigenvalue weighted by atomic mass is 16.7. The van der Waals surface area contributed by atoms with Crippen LogP contribution in [-0.2, 0) is 0 Å². The smallest absolute Gasteiger partial charge is 0.231 e. The van der Waals surface area contributed by atoms with Crippen molar-refractivity contribution in [3.63, 3.8) is 0 Å². The third-order valence-corrected chi connectivity index (χ3v) is 1.77. The van der Waals surface area contributed by atoms with Crippen molar-refractivity contribution < 1.29 is 9.47 Å². The van der Waals surface area contributed by atoms with E-state index in [2.05, 4.69) is 0 Å². The molecule has 62 valence electrons. The van der Waals surface area contributed by atoms with Crippen LogP contribution in [0.5, 0.6) is 11.5 Å². The summed E-state index contributed by atoms with van der Waals surface area (Å²) in [7, 11) is 0. The van der Waals surface area contributed by atoms with Gasteiger partial charge >= 0.3 is 0 Å². The van der Waals surface area contributed by atoms with Crippen molar-refractivity contribution in [3.05, 3.63) is 29.8 Å². The first-order valence-corrected chi connectivity index (χ1v) is 3.93. The number of fused-ring (bicyclic) bond motifs is 1. The molecule has 0 fully saturated rings. The zero-order valence-corrected chi connectivity index (χ0v) is 6.91. The Morgan fingerprint density at radius 3 is 3.08 bits per heavy atom. The van der Waals surface area contributed by atoms with Gasteiger partial charge in [0.05, 0.1) is 0 Å². The number of allylic oxidation sites excluding steroid dienone is 1. The average Bonchev–Trinajstić information content (AvgIpc) is 2.53. The second kappa shape index (κ2) is 2.89. The molecule has 2 rings (SSSR count). The van der Waals surface area contributed by atoms with Gasteiger partial charge in [-0.05, 0) is 13.0 Å². The number of hydrogen-bond donors (Lipinski definition) is 0. The van der Waals surface area contributed by atoms with Gasteiger partial charge in [-0.1, -0.05) is 24.3 Å². The summed E-state index contributed by atoms with van der Waals surface area (Å²) < 4.78 is 10.5. The highest BCUT2D eigenvalue weighted by Gasteiger charge is 2.14. The maximum absolute atomic E-state index is 5.31. The molecule has 1 aromatic rings. The fraction of sp³-hybridized carbons (Fsp3) is 0.200. The van der Waals surface area contributed by atoms with Crippen molar-refractivity contribution in [1.82, 2.24) is 0 Å². The van der Waals surface area contributed by atoms with Crippen molar-refractivity contribution >= 4 is 6.08 Å². The van der Waals surface area contributed by atoms with Crippen LogP contribution >= 0.6 is 0 Å². The van der Waals surface area contributed by atoms with Crippen molar-refractivity contribution in [2.24, 2.45) is 0 Å². The second-order valence-corrected chi connectivity index (χ2v) is 2.58. The van der Waals surface area contributed by atoms with Gasteiger partial charge in [-0.2, -0.15) is 0 Å². The minimum atomic E-state index is 0.337. The van der Waals surface area contributed by atoms with E-state index >= 15 is 0 Å². The van der Waals surface area contributed by atoms with Crippen LogP contribution in [0.4, 0.5) is 0 Å². The Kier molecular flexibility index (Phi) is 1.74. The van der Waals surface area contributed by atoms with Gasteiger partial charge in [-0.15, -0.1) is 0 Å². The minimum absolute atomic E-state index is 0.337. The van der Waals surface area contributed by atoms with Gasteiger partial charge in [0.2, 0.25) is 6.79 Å². The molecule has 0 aromatic heterocycles. The molecular formula is C10H10O2. The van der Waals surface area contributed by atoms with Crippen LogP contribution in [0.1, 0.15) is 12.5 Å². The van der Waals surface area contributed by atoms with Crippen LogP contribution < -0.4 is 9.47 Å². The Morgan fingerprint density at radius 1 is 1.33 bits per heavy atom. The molecule has 0 saturated heterocycles. The third kappa shape index (κ3) is 1.05. The second-order valence-electron chi connectivity index (χ2n) is 2.58. The Morgan fingerprint density at radius 2 is 2.25 bits per heavy atom. The number of ether oxygens (including phenoxy) is 2. The lowest BCUT2D eigenvalue weighted by atomic mass is 10.2. The molecule has 2 nitrogen and oxygen atoms in total. The zero-order valence-electron chi connectivity index (χ0n) is 6.91. The Labute approximate surface area is 71.4 Å². The molecule has 1 heterocycles. The van der Waals surface area contributed by atoms with Gasteiger partial charge in [-0.25, -0.2) is 0 Å². The molecule has 0 aliphatic carbocycles. The summed E-state index contributed by atoms with van der Waals surface area (Å²) in [6, 6.07) is 5.88. The van der Waals surface area contributed by atoms with E-state index in [4.69, 9.17) is 9.47 Å². The van der Waals surface area contributed by atoms with E-state index in [1.807, 2.05) is 37.3 Å². The molecule has 0 N–H and O–H groups in total. The van der Waals surface area contributed by atoms with E-state index in [-0.39, 0.29) is 0 Å². The number of hydrogen-bond acceptors (Lipinski definition) is 2. The molecule has 2 heteroatoms. The van der Waals surface area contributed by atoms with E-state index in [1.165, 1.54) is 0 Å². The fourth-order valence-corrected chi connectivity index (χ4v) is 1.26.